The van der Waals surface area contributed by atoms with Gasteiger partial charge in [-0.15, -0.1) is 0 Å². The van der Waals surface area contributed by atoms with Gasteiger partial charge in [0.1, 0.15) is 11.3 Å². The molecular formula is C21H22N2O6. The molecule has 1 aromatic carbocycles. The van der Waals surface area contributed by atoms with Crippen LogP contribution in [0.15, 0.2) is 33.5 Å². The van der Waals surface area contributed by atoms with Crippen molar-refractivity contribution in [1.82, 2.24) is 9.80 Å². The van der Waals surface area contributed by atoms with Gasteiger partial charge in [0.05, 0.1) is 13.7 Å². The lowest BCUT2D eigenvalue weighted by Crippen LogP contribution is -2.46. The Bertz CT molecular complexity index is 1060. The van der Waals surface area contributed by atoms with E-state index in [0.717, 1.165) is 29.1 Å². The van der Waals surface area contributed by atoms with E-state index in [0.29, 0.717) is 23.1 Å². The first-order valence-corrected chi connectivity index (χ1v) is 9.70. The van der Waals surface area contributed by atoms with Crippen LogP contribution < -0.4 is 10.4 Å². The number of carbonyl (C=O) groups excluding carboxylic acids is 3. The predicted molar refractivity (Wildman–Crippen MR) is 103 cm³/mol. The summed E-state index contributed by atoms with van der Waals surface area (Å²) < 4.78 is 10.4. The van der Waals surface area contributed by atoms with Crippen LogP contribution in [0.5, 0.6) is 5.75 Å². The quantitative estimate of drug-likeness (QED) is 0.446. The standard InChI is InChI=1S/C21H22N2O6/c1-12-5-3-4-6-16(12)23-20(26)19(25)22(21(23)27)11-13-9-18(24)29-17-10-14(28-2)7-8-15(13)17/h7-10,12,16H,3-6,11H2,1-2H3/t12-,16+/m0/s1. The Labute approximate surface area is 167 Å². The highest BCUT2D eigenvalue weighted by atomic mass is 16.5. The van der Waals surface area contributed by atoms with Gasteiger partial charge in [0.2, 0.25) is 0 Å². The van der Waals surface area contributed by atoms with Crippen LogP contribution in [0.3, 0.4) is 0 Å². The average Bonchev–Trinajstić information content (AvgIpc) is 2.91. The second kappa shape index (κ2) is 7.35. The molecule has 0 unspecified atom stereocenters. The third-order valence-corrected chi connectivity index (χ3v) is 5.85. The van der Waals surface area contributed by atoms with E-state index in [2.05, 4.69) is 0 Å². The number of benzene rings is 1. The molecule has 29 heavy (non-hydrogen) atoms. The summed E-state index contributed by atoms with van der Waals surface area (Å²) in [5.41, 5.74) is 0.117. The Balaban J connectivity index is 1.67. The lowest BCUT2D eigenvalue weighted by Gasteiger charge is -2.34. The fourth-order valence-electron chi connectivity index (χ4n) is 4.27. The largest absolute Gasteiger partial charge is 0.497 e. The van der Waals surface area contributed by atoms with E-state index in [-0.39, 0.29) is 24.1 Å². The van der Waals surface area contributed by atoms with Gasteiger partial charge in [-0.3, -0.25) is 19.4 Å². The molecule has 1 aromatic heterocycles. The molecule has 1 saturated carbocycles. The normalized spacial score (nSPS) is 22.6. The summed E-state index contributed by atoms with van der Waals surface area (Å²) in [4.78, 5) is 52.2. The van der Waals surface area contributed by atoms with Crippen molar-refractivity contribution in [3.8, 4) is 5.75 Å². The number of ether oxygens (including phenoxy) is 1. The topological polar surface area (TPSA) is 97.1 Å². The molecule has 152 valence electrons. The van der Waals surface area contributed by atoms with E-state index in [1.54, 1.807) is 18.2 Å². The van der Waals surface area contributed by atoms with Crippen LogP contribution >= 0.6 is 0 Å². The molecule has 1 aliphatic heterocycles. The molecule has 0 spiro atoms. The van der Waals surface area contributed by atoms with Crippen molar-refractivity contribution in [2.75, 3.05) is 7.11 Å². The van der Waals surface area contributed by atoms with Gasteiger partial charge in [-0.1, -0.05) is 19.8 Å². The highest BCUT2D eigenvalue weighted by Gasteiger charge is 2.49. The SMILES string of the molecule is COc1ccc2c(CN3C(=O)C(=O)N([C@@H]4CCCC[C@@H]4C)C3=O)cc(=O)oc2c1. The summed E-state index contributed by atoms with van der Waals surface area (Å²) in [5, 5.41) is 0.572. The van der Waals surface area contributed by atoms with Crippen LogP contribution in [0.25, 0.3) is 11.0 Å². The molecular weight excluding hydrogens is 376 g/mol. The Morgan fingerprint density at radius 2 is 1.83 bits per heavy atom. The molecule has 1 saturated heterocycles. The van der Waals surface area contributed by atoms with Gasteiger partial charge < -0.3 is 9.15 Å². The summed E-state index contributed by atoms with van der Waals surface area (Å²) >= 11 is 0. The molecule has 2 heterocycles. The third kappa shape index (κ3) is 3.28. The molecule has 8 nitrogen and oxygen atoms in total. The first-order valence-electron chi connectivity index (χ1n) is 9.70. The maximum atomic E-state index is 13.0. The van der Waals surface area contributed by atoms with Crippen molar-refractivity contribution >= 4 is 28.8 Å². The summed E-state index contributed by atoms with van der Waals surface area (Å²) in [5.74, 6) is -0.981. The maximum absolute atomic E-state index is 13.0. The Morgan fingerprint density at radius 3 is 2.55 bits per heavy atom. The zero-order valence-electron chi connectivity index (χ0n) is 16.3. The molecule has 2 fully saturated rings. The van der Waals surface area contributed by atoms with E-state index in [1.807, 2.05) is 6.92 Å². The fourth-order valence-corrected chi connectivity index (χ4v) is 4.27. The van der Waals surface area contributed by atoms with Crippen molar-refractivity contribution in [2.45, 2.75) is 45.2 Å². The minimum absolute atomic E-state index is 0.154. The van der Waals surface area contributed by atoms with Gasteiger partial charge in [0.25, 0.3) is 0 Å². The second-order valence-corrected chi connectivity index (χ2v) is 7.63. The van der Waals surface area contributed by atoms with Crippen molar-refractivity contribution < 1.29 is 23.5 Å². The fraction of sp³-hybridized carbons (Fsp3) is 0.429. The average molecular weight is 398 g/mol. The van der Waals surface area contributed by atoms with Crippen molar-refractivity contribution in [1.29, 1.82) is 0 Å². The second-order valence-electron chi connectivity index (χ2n) is 7.63. The van der Waals surface area contributed by atoms with Crippen LogP contribution in [0, 0.1) is 5.92 Å². The summed E-state index contributed by atoms with van der Waals surface area (Å²) in [6.07, 6.45) is 3.60. The molecule has 4 rings (SSSR count). The van der Waals surface area contributed by atoms with Crippen LogP contribution in [0.4, 0.5) is 4.79 Å². The van der Waals surface area contributed by atoms with Crippen molar-refractivity contribution in [3.05, 3.63) is 40.2 Å². The third-order valence-electron chi connectivity index (χ3n) is 5.85. The summed E-state index contributed by atoms with van der Waals surface area (Å²) in [6.45, 7) is 1.83. The number of methoxy groups -OCH3 is 1. The Kier molecular flexibility index (Phi) is 4.86. The van der Waals surface area contributed by atoms with E-state index in [1.165, 1.54) is 13.2 Å². The predicted octanol–water partition coefficient (Wildman–Crippen LogP) is 2.67. The zero-order valence-corrected chi connectivity index (χ0v) is 16.3. The highest BCUT2D eigenvalue weighted by Crippen LogP contribution is 2.32. The highest BCUT2D eigenvalue weighted by molar-refractivity contribution is 6.44. The number of amides is 4. The summed E-state index contributed by atoms with van der Waals surface area (Å²) in [7, 11) is 1.50. The number of hydrogen-bond acceptors (Lipinski definition) is 6. The van der Waals surface area contributed by atoms with Gasteiger partial charge in [0, 0.05) is 23.6 Å². The van der Waals surface area contributed by atoms with Crippen LogP contribution in [-0.2, 0) is 16.1 Å². The lowest BCUT2D eigenvalue weighted by molar-refractivity contribution is -0.144. The number of fused-ring (bicyclic) bond motifs is 1. The van der Waals surface area contributed by atoms with Gasteiger partial charge in [-0.25, -0.2) is 9.59 Å². The Morgan fingerprint density at radius 1 is 1.07 bits per heavy atom. The van der Waals surface area contributed by atoms with E-state index in [9.17, 15) is 19.2 Å². The van der Waals surface area contributed by atoms with E-state index >= 15 is 0 Å². The zero-order chi connectivity index (χ0) is 20.7. The van der Waals surface area contributed by atoms with Gasteiger partial charge in [-0.2, -0.15) is 0 Å². The van der Waals surface area contributed by atoms with E-state index in [4.69, 9.17) is 9.15 Å². The molecule has 2 aromatic rings. The molecule has 1 aliphatic carbocycles. The molecule has 4 amide bonds. The molecule has 8 heteroatoms. The van der Waals surface area contributed by atoms with Gasteiger partial charge in [0.15, 0.2) is 0 Å². The molecule has 2 atom stereocenters. The van der Waals surface area contributed by atoms with Crippen molar-refractivity contribution in [2.24, 2.45) is 5.92 Å². The van der Waals surface area contributed by atoms with Crippen molar-refractivity contribution in [3.63, 3.8) is 0 Å². The number of nitrogens with zero attached hydrogens (tertiary/aromatic N) is 2. The first-order chi connectivity index (χ1) is 13.9. The Hall–Kier alpha value is -3.16. The monoisotopic (exact) mass is 398 g/mol. The molecule has 2 aliphatic rings. The van der Waals surface area contributed by atoms with Gasteiger partial charge >= 0.3 is 23.5 Å². The number of rotatable bonds is 4. The number of carbonyl (C=O) groups is 3. The maximum Gasteiger partial charge on any atom is 0.336 e. The lowest BCUT2D eigenvalue weighted by atomic mass is 9.85. The number of hydrogen-bond donors (Lipinski definition) is 0. The molecule has 0 N–H and O–H groups in total. The van der Waals surface area contributed by atoms with Gasteiger partial charge in [-0.05, 0) is 36.5 Å². The summed E-state index contributed by atoms with van der Waals surface area (Å²) in [6, 6.07) is 5.31. The van der Waals surface area contributed by atoms with Crippen LogP contribution in [0.1, 0.15) is 38.2 Å². The first kappa shape index (κ1) is 19.2. The minimum Gasteiger partial charge on any atom is -0.497 e. The smallest absolute Gasteiger partial charge is 0.336 e. The molecule has 0 radical (unpaired) electrons. The minimum atomic E-state index is -0.859. The van der Waals surface area contributed by atoms with Crippen LogP contribution in [-0.4, -0.2) is 40.8 Å². The van der Waals surface area contributed by atoms with E-state index < -0.39 is 23.5 Å². The molecule has 0 bridgehead atoms. The number of imide groups is 2. The number of urea groups is 1. The van der Waals surface area contributed by atoms with Crippen LogP contribution in [0.2, 0.25) is 0 Å².